The van der Waals surface area contributed by atoms with Crippen molar-refractivity contribution in [3.63, 3.8) is 0 Å². The van der Waals surface area contributed by atoms with Crippen LogP contribution in [0.25, 0.3) is 10.9 Å². The number of fused-ring (bicyclic) bond motifs is 1. The average molecular weight is 318 g/mol. The molecule has 1 aromatic carbocycles. The number of hydrogen-bond donors (Lipinski definition) is 0. The van der Waals surface area contributed by atoms with Gasteiger partial charge in [0.15, 0.2) is 5.16 Å². The number of benzene rings is 1. The van der Waals surface area contributed by atoms with Gasteiger partial charge in [0, 0.05) is 12.5 Å². The van der Waals surface area contributed by atoms with Crippen molar-refractivity contribution in [3.8, 4) is 0 Å². The number of carbonyl (C=O) groups is 1. The van der Waals surface area contributed by atoms with Gasteiger partial charge in [0.05, 0.1) is 17.5 Å². The number of rotatable bonds is 4. The number of cyclic esters (lactones) is 1. The van der Waals surface area contributed by atoms with Crippen LogP contribution in [0.15, 0.2) is 34.2 Å². The van der Waals surface area contributed by atoms with Crippen LogP contribution in [0.1, 0.15) is 32.7 Å². The maximum Gasteiger partial charge on any atom is 0.319 e. The molecule has 2 aromatic rings. The van der Waals surface area contributed by atoms with Crippen molar-refractivity contribution >= 4 is 28.6 Å². The van der Waals surface area contributed by atoms with Crippen molar-refractivity contribution in [2.75, 3.05) is 6.61 Å². The topological polar surface area (TPSA) is 61.2 Å². The second kappa shape index (κ2) is 6.12. The van der Waals surface area contributed by atoms with Gasteiger partial charge in [-0.15, -0.1) is 0 Å². The molecule has 3 rings (SSSR count). The molecule has 2 heterocycles. The van der Waals surface area contributed by atoms with Gasteiger partial charge in [0.1, 0.15) is 5.25 Å². The standard InChI is InChI=1S/C16H18N2O3S/c1-3-10(2)18-14(19)11-6-4-5-7-12(11)17-16(18)22-13-8-9-21-15(13)20/h4-7,10,13H,3,8-9H2,1-2H3/t10-,13-/m0/s1. The number of carbonyl (C=O) groups excluding carboxylic acids is 1. The van der Waals surface area contributed by atoms with E-state index in [9.17, 15) is 9.59 Å². The summed E-state index contributed by atoms with van der Waals surface area (Å²) < 4.78 is 6.71. The van der Waals surface area contributed by atoms with Crippen molar-refractivity contribution in [3.05, 3.63) is 34.6 Å². The number of hydrogen-bond acceptors (Lipinski definition) is 5. The Morgan fingerprint density at radius 3 is 2.86 bits per heavy atom. The molecule has 5 nitrogen and oxygen atoms in total. The molecular formula is C16H18N2O3S. The summed E-state index contributed by atoms with van der Waals surface area (Å²) in [5.74, 6) is -0.219. The zero-order valence-corrected chi connectivity index (χ0v) is 13.4. The third-order valence-corrected chi connectivity index (χ3v) is 5.15. The van der Waals surface area contributed by atoms with Gasteiger partial charge >= 0.3 is 5.97 Å². The highest BCUT2D eigenvalue weighted by Crippen LogP contribution is 2.30. The molecule has 1 saturated heterocycles. The third-order valence-electron chi connectivity index (χ3n) is 3.94. The van der Waals surface area contributed by atoms with Crippen LogP contribution in [0.4, 0.5) is 0 Å². The number of para-hydroxylation sites is 1. The number of thioether (sulfide) groups is 1. The minimum Gasteiger partial charge on any atom is -0.465 e. The normalized spacial score (nSPS) is 19.4. The number of nitrogens with zero attached hydrogens (tertiary/aromatic N) is 2. The largest absolute Gasteiger partial charge is 0.465 e. The van der Waals surface area contributed by atoms with Gasteiger partial charge in [-0.25, -0.2) is 4.98 Å². The summed E-state index contributed by atoms with van der Waals surface area (Å²) in [6.45, 7) is 4.47. The van der Waals surface area contributed by atoms with Crippen molar-refractivity contribution in [2.45, 2.75) is 43.1 Å². The SMILES string of the molecule is CC[C@H](C)n1c(S[C@H]2CCOC2=O)nc2ccccc2c1=O. The molecule has 116 valence electrons. The quantitative estimate of drug-likeness (QED) is 0.641. The molecular weight excluding hydrogens is 300 g/mol. The Hall–Kier alpha value is -1.82. The van der Waals surface area contributed by atoms with Crippen LogP contribution in [-0.4, -0.2) is 27.4 Å². The summed E-state index contributed by atoms with van der Waals surface area (Å²) in [6, 6.07) is 7.36. The van der Waals surface area contributed by atoms with Crippen LogP contribution in [0.2, 0.25) is 0 Å². The fraction of sp³-hybridized carbons (Fsp3) is 0.438. The van der Waals surface area contributed by atoms with E-state index in [0.717, 1.165) is 6.42 Å². The van der Waals surface area contributed by atoms with Gasteiger partial charge in [-0.05, 0) is 25.5 Å². The van der Waals surface area contributed by atoms with Gasteiger partial charge in [0.2, 0.25) is 0 Å². The van der Waals surface area contributed by atoms with E-state index in [1.165, 1.54) is 11.8 Å². The molecule has 0 N–H and O–H groups in total. The highest BCUT2D eigenvalue weighted by atomic mass is 32.2. The Bertz CT molecular complexity index is 772. The second-order valence-corrected chi connectivity index (χ2v) is 6.58. The van der Waals surface area contributed by atoms with E-state index in [0.29, 0.717) is 29.1 Å². The fourth-order valence-electron chi connectivity index (χ4n) is 2.49. The first-order valence-electron chi connectivity index (χ1n) is 7.46. The van der Waals surface area contributed by atoms with Crippen molar-refractivity contribution < 1.29 is 9.53 Å². The molecule has 0 radical (unpaired) electrons. The zero-order valence-electron chi connectivity index (χ0n) is 12.6. The van der Waals surface area contributed by atoms with Gasteiger partial charge < -0.3 is 4.74 Å². The van der Waals surface area contributed by atoms with E-state index in [4.69, 9.17) is 4.74 Å². The Morgan fingerprint density at radius 2 is 2.18 bits per heavy atom. The van der Waals surface area contributed by atoms with E-state index in [-0.39, 0.29) is 22.8 Å². The predicted octanol–water partition coefficient (Wildman–Crippen LogP) is 2.78. The second-order valence-electron chi connectivity index (χ2n) is 5.41. The highest BCUT2D eigenvalue weighted by molar-refractivity contribution is 8.00. The lowest BCUT2D eigenvalue weighted by Gasteiger charge is -2.19. The minimum atomic E-state index is -0.275. The Kier molecular flexibility index (Phi) is 4.20. The van der Waals surface area contributed by atoms with E-state index in [1.807, 2.05) is 32.0 Å². The van der Waals surface area contributed by atoms with Crippen LogP contribution in [0, 0.1) is 0 Å². The summed E-state index contributed by atoms with van der Waals surface area (Å²) in [4.78, 5) is 29.1. The average Bonchev–Trinajstić information content (AvgIpc) is 2.92. The summed E-state index contributed by atoms with van der Waals surface area (Å²) in [5.41, 5.74) is 0.620. The van der Waals surface area contributed by atoms with Gasteiger partial charge in [-0.3, -0.25) is 14.2 Å². The van der Waals surface area contributed by atoms with Crippen molar-refractivity contribution in [1.29, 1.82) is 0 Å². The summed E-state index contributed by atoms with van der Waals surface area (Å²) in [6.07, 6.45) is 1.48. The molecule has 0 aliphatic carbocycles. The fourth-order valence-corrected chi connectivity index (χ4v) is 3.65. The Morgan fingerprint density at radius 1 is 1.41 bits per heavy atom. The van der Waals surface area contributed by atoms with E-state index >= 15 is 0 Å². The van der Waals surface area contributed by atoms with E-state index < -0.39 is 0 Å². The monoisotopic (exact) mass is 318 g/mol. The lowest BCUT2D eigenvalue weighted by molar-refractivity contribution is -0.137. The molecule has 1 fully saturated rings. The predicted molar refractivity (Wildman–Crippen MR) is 86.2 cm³/mol. The van der Waals surface area contributed by atoms with Crippen LogP contribution < -0.4 is 5.56 Å². The lowest BCUT2D eigenvalue weighted by Crippen LogP contribution is -2.27. The van der Waals surface area contributed by atoms with Gasteiger partial charge in [-0.2, -0.15) is 0 Å². The lowest BCUT2D eigenvalue weighted by atomic mass is 10.2. The summed E-state index contributed by atoms with van der Waals surface area (Å²) in [5, 5.41) is 0.936. The Labute approximate surface area is 132 Å². The molecule has 0 bridgehead atoms. The number of aromatic nitrogens is 2. The van der Waals surface area contributed by atoms with Crippen LogP contribution in [-0.2, 0) is 9.53 Å². The maximum absolute atomic E-state index is 12.8. The zero-order chi connectivity index (χ0) is 15.7. The summed E-state index contributed by atoms with van der Waals surface area (Å²) >= 11 is 1.34. The first-order valence-corrected chi connectivity index (χ1v) is 8.34. The molecule has 6 heteroatoms. The molecule has 2 atom stereocenters. The third kappa shape index (κ3) is 2.63. The van der Waals surface area contributed by atoms with Crippen LogP contribution in [0.3, 0.4) is 0 Å². The van der Waals surface area contributed by atoms with Crippen molar-refractivity contribution in [1.82, 2.24) is 9.55 Å². The number of ether oxygens (including phenoxy) is 1. The number of esters is 1. The van der Waals surface area contributed by atoms with Gasteiger partial charge in [-0.1, -0.05) is 30.8 Å². The van der Waals surface area contributed by atoms with Crippen LogP contribution >= 0.6 is 11.8 Å². The van der Waals surface area contributed by atoms with E-state index in [1.54, 1.807) is 10.6 Å². The maximum atomic E-state index is 12.8. The van der Waals surface area contributed by atoms with Gasteiger partial charge in [0.25, 0.3) is 5.56 Å². The van der Waals surface area contributed by atoms with Crippen molar-refractivity contribution in [2.24, 2.45) is 0 Å². The molecule has 0 spiro atoms. The smallest absolute Gasteiger partial charge is 0.319 e. The molecule has 1 aliphatic heterocycles. The first-order chi connectivity index (χ1) is 10.6. The molecule has 0 unspecified atom stereocenters. The highest BCUT2D eigenvalue weighted by Gasteiger charge is 2.30. The summed E-state index contributed by atoms with van der Waals surface area (Å²) in [7, 11) is 0. The molecule has 1 aliphatic rings. The molecule has 0 amide bonds. The minimum absolute atomic E-state index is 0.0320. The first kappa shape index (κ1) is 15.1. The molecule has 22 heavy (non-hydrogen) atoms. The van der Waals surface area contributed by atoms with Crippen LogP contribution in [0.5, 0.6) is 0 Å². The van der Waals surface area contributed by atoms with E-state index in [2.05, 4.69) is 4.98 Å². The Balaban J connectivity index is 2.13. The molecule has 0 saturated carbocycles. The molecule has 1 aromatic heterocycles.